The van der Waals surface area contributed by atoms with Crippen molar-refractivity contribution in [2.24, 2.45) is 23.7 Å². The second kappa shape index (κ2) is 6.83. The maximum Gasteiger partial charge on any atom is 0.156 e. The summed E-state index contributed by atoms with van der Waals surface area (Å²) < 4.78 is 0. The van der Waals surface area contributed by atoms with Crippen LogP contribution in [-0.2, 0) is 4.79 Å². The second-order valence-electron chi connectivity index (χ2n) is 7.50. The topological polar surface area (TPSA) is 29.1 Å². The molecule has 3 aliphatic rings. The molecule has 3 heteroatoms. The minimum atomic E-state index is -0.0254. The molecule has 0 heterocycles. The van der Waals surface area contributed by atoms with Crippen molar-refractivity contribution in [2.75, 3.05) is 6.54 Å². The zero-order valence-corrected chi connectivity index (χ0v) is 13.8. The number of rotatable bonds is 4. The molecule has 0 radical (unpaired) electrons. The molecule has 4 unspecified atom stereocenters. The van der Waals surface area contributed by atoms with Crippen molar-refractivity contribution in [3.63, 3.8) is 0 Å². The van der Waals surface area contributed by atoms with Crippen molar-refractivity contribution < 1.29 is 4.79 Å². The fourth-order valence-electron chi connectivity index (χ4n) is 4.75. The van der Waals surface area contributed by atoms with Gasteiger partial charge >= 0.3 is 0 Å². The average molecular weight is 310 g/mol. The molecule has 3 rings (SSSR count). The minimum absolute atomic E-state index is 0.0254. The lowest BCUT2D eigenvalue weighted by Crippen LogP contribution is -2.43. The predicted molar refractivity (Wildman–Crippen MR) is 87.5 cm³/mol. The Labute approximate surface area is 133 Å². The van der Waals surface area contributed by atoms with Gasteiger partial charge in [0.15, 0.2) is 5.78 Å². The van der Waals surface area contributed by atoms with Crippen LogP contribution in [0, 0.1) is 23.7 Å². The van der Waals surface area contributed by atoms with Gasteiger partial charge in [-0.1, -0.05) is 19.4 Å². The van der Waals surface area contributed by atoms with Gasteiger partial charge in [-0.3, -0.25) is 4.79 Å². The first-order chi connectivity index (χ1) is 10.1. The highest BCUT2D eigenvalue weighted by atomic mass is 35.5. The van der Waals surface area contributed by atoms with Crippen molar-refractivity contribution >= 4 is 17.4 Å². The molecule has 2 bridgehead atoms. The van der Waals surface area contributed by atoms with E-state index < -0.39 is 0 Å². The Kier molecular flexibility index (Phi) is 5.06. The van der Waals surface area contributed by atoms with Crippen LogP contribution in [0.2, 0.25) is 0 Å². The highest BCUT2D eigenvalue weighted by Crippen LogP contribution is 2.43. The second-order valence-corrected chi connectivity index (χ2v) is 8.06. The van der Waals surface area contributed by atoms with E-state index in [4.69, 9.17) is 11.6 Å². The number of ketones is 1. The maximum atomic E-state index is 11.3. The number of allylic oxidation sites excluding steroid dienone is 1. The van der Waals surface area contributed by atoms with E-state index >= 15 is 0 Å². The molecule has 118 valence electrons. The molecule has 2 saturated carbocycles. The summed E-state index contributed by atoms with van der Waals surface area (Å²) in [5.41, 5.74) is 0. The van der Waals surface area contributed by atoms with E-state index in [9.17, 15) is 4.79 Å². The molecular formula is C18H28ClNO. The number of halogens is 1. The van der Waals surface area contributed by atoms with Gasteiger partial charge in [-0.2, -0.15) is 0 Å². The van der Waals surface area contributed by atoms with E-state index in [0.29, 0.717) is 18.4 Å². The Morgan fingerprint density at radius 1 is 1.19 bits per heavy atom. The molecule has 0 saturated heterocycles. The molecule has 1 N–H and O–H groups in total. The third-order valence-electron chi connectivity index (χ3n) is 5.85. The summed E-state index contributed by atoms with van der Waals surface area (Å²) in [4.78, 5) is 11.3. The molecule has 0 aliphatic heterocycles. The summed E-state index contributed by atoms with van der Waals surface area (Å²) in [7, 11) is 0. The Balaban J connectivity index is 1.49. The standard InChI is InChI=1S/C18H28ClNO/c1-2-12-5-13-7-14(6-12)9-16(8-13)20-11-15-3-4-17(21)10-18(15)19/h3-4,12-16,18,20H,2,5-11H2,1H3. The highest BCUT2D eigenvalue weighted by Gasteiger charge is 2.35. The van der Waals surface area contributed by atoms with Crippen LogP contribution in [0.25, 0.3) is 0 Å². The van der Waals surface area contributed by atoms with Crippen LogP contribution >= 0.6 is 11.6 Å². The first-order valence-corrected chi connectivity index (χ1v) is 9.16. The average Bonchev–Trinajstić information content (AvgIpc) is 2.45. The Hall–Kier alpha value is -0.340. The fourth-order valence-corrected chi connectivity index (χ4v) is 5.08. The number of nitrogens with one attached hydrogen (secondary N) is 1. The quantitative estimate of drug-likeness (QED) is 0.797. The number of hydrogen-bond donors (Lipinski definition) is 1. The molecular weight excluding hydrogens is 282 g/mol. The van der Waals surface area contributed by atoms with E-state index in [1.807, 2.05) is 6.08 Å². The molecule has 4 atom stereocenters. The highest BCUT2D eigenvalue weighted by molar-refractivity contribution is 6.22. The minimum Gasteiger partial charge on any atom is -0.313 e. The Bertz CT molecular complexity index is 394. The van der Waals surface area contributed by atoms with Gasteiger partial charge < -0.3 is 5.32 Å². The van der Waals surface area contributed by atoms with Crippen LogP contribution in [-0.4, -0.2) is 23.7 Å². The molecule has 3 aliphatic carbocycles. The zero-order chi connectivity index (χ0) is 14.8. The number of carbonyl (C=O) groups is 1. The summed E-state index contributed by atoms with van der Waals surface area (Å²) in [5.74, 6) is 3.35. The number of hydrogen-bond acceptors (Lipinski definition) is 2. The van der Waals surface area contributed by atoms with E-state index in [1.54, 1.807) is 6.08 Å². The van der Waals surface area contributed by atoms with E-state index in [0.717, 1.165) is 24.3 Å². The van der Waals surface area contributed by atoms with Crippen molar-refractivity contribution in [3.8, 4) is 0 Å². The van der Waals surface area contributed by atoms with E-state index in [1.165, 1.54) is 38.5 Å². The molecule has 2 fully saturated rings. The van der Waals surface area contributed by atoms with Crippen LogP contribution in [0.5, 0.6) is 0 Å². The van der Waals surface area contributed by atoms with Crippen LogP contribution in [0.1, 0.15) is 51.9 Å². The van der Waals surface area contributed by atoms with Gasteiger partial charge in [-0.05, 0) is 55.9 Å². The molecule has 21 heavy (non-hydrogen) atoms. The van der Waals surface area contributed by atoms with Gasteiger partial charge in [0.25, 0.3) is 0 Å². The SMILES string of the molecule is CCC1CC2CC(C1)CC(NCC1C=CC(=O)CC1Cl)C2. The van der Waals surface area contributed by atoms with E-state index in [-0.39, 0.29) is 11.2 Å². The summed E-state index contributed by atoms with van der Waals surface area (Å²) in [6.45, 7) is 3.28. The smallest absolute Gasteiger partial charge is 0.156 e. The van der Waals surface area contributed by atoms with Gasteiger partial charge in [0.05, 0.1) is 0 Å². The summed E-state index contributed by atoms with van der Waals surface area (Å²) in [6, 6.07) is 0.668. The molecule has 0 spiro atoms. The van der Waals surface area contributed by atoms with Crippen LogP contribution < -0.4 is 5.32 Å². The molecule has 0 aromatic heterocycles. The molecule has 0 aromatic rings. The lowest BCUT2D eigenvalue weighted by molar-refractivity contribution is -0.115. The van der Waals surface area contributed by atoms with Gasteiger partial charge in [0, 0.05) is 30.3 Å². The number of carbonyl (C=O) groups excluding carboxylic acids is 1. The van der Waals surface area contributed by atoms with Crippen LogP contribution in [0.15, 0.2) is 12.2 Å². The van der Waals surface area contributed by atoms with Crippen molar-refractivity contribution in [1.29, 1.82) is 0 Å². The lowest BCUT2D eigenvalue weighted by atomic mass is 9.66. The number of fused-ring (bicyclic) bond motifs is 2. The lowest BCUT2D eigenvalue weighted by Gasteiger charge is -2.43. The van der Waals surface area contributed by atoms with Crippen molar-refractivity contribution in [2.45, 2.75) is 63.3 Å². The van der Waals surface area contributed by atoms with E-state index in [2.05, 4.69) is 12.2 Å². The predicted octanol–water partition coefficient (Wildman–Crippen LogP) is 3.93. The van der Waals surface area contributed by atoms with Crippen LogP contribution in [0.4, 0.5) is 0 Å². The maximum absolute atomic E-state index is 11.3. The summed E-state index contributed by atoms with van der Waals surface area (Å²) in [6.07, 6.45) is 12.6. The first kappa shape index (κ1) is 15.6. The van der Waals surface area contributed by atoms with Gasteiger partial charge in [-0.25, -0.2) is 0 Å². The van der Waals surface area contributed by atoms with Crippen molar-refractivity contribution in [3.05, 3.63) is 12.2 Å². The normalized spacial score (nSPS) is 43.0. The Morgan fingerprint density at radius 2 is 1.90 bits per heavy atom. The fraction of sp³-hybridized carbons (Fsp3) is 0.833. The summed E-state index contributed by atoms with van der Waals surface area (Å²) >= 11 is 6.32. The largest absolute Gasteiger partial charge is 0.313 e. The monoisotopic (exact) mass is 309 g/mol. The third-order valence-corrected chi connectivity index (χ3v) is 6.32. The summed E-state index contributed by atoms with van der Waals surface area (Å²) in [5, 5.41) is 3.73. The van der Waals surface area contributed by atoms with Gasteiger partial charge in [0.1, 0.15) is 0 Å². The molecule has 0 aromatic carbocycles. The van der Waals surface area contributed by atoms with Crippen molar-refractivity contribution in [1.82, 2.24) is 5.32 Å². The zero-order valence-electron chi connectivity index (χ0n) is 13.1. The van der Waals surface area contributed by atoms with Crippen LogP contribution in [0.3, 0.4) is 0 Å². The van der Waals surface area contributed by atoms with Gasteiger partial charge in [0.2, 0.25) is 0 Å². The molecule has 2 nitrogen and oxygen atoms in total. The number of alkyl halides is 1. The Morgan fingerprint density at radius 3 is 2.52 bits per heavy atom. The van der Waals surface area contributed by atoms with Gasteiger partial charge in [-0.15, -0.1) is 11.6 Å². The third kappa shape index (κ3) is 3.90. The molecule has 0 amide bonds. The first-order valence-electron chi connectivity index (χ1n) is 8.72.